The number of nitrogens with one attached hydrogen (secondary N) is 1. The van der Waals surface area contributed by atoms with Crippen LogP contribution in [0.25, 0.3) is 0 Å². The maximum absolute atomic E-state index is 3.71. The molecule has 1 atom stereocenters. The molecule has 108 valence electrons. The van der Waals surface area contributed by atoms with E-state index in [9.17, 15) is 0 Å². The van der Waals surface area contributed by atoms with E-state index in [0.29, 0.717) is 11.5 Å². The summed E-state index contributed by atoms with van der Waals surface area (Å²) in [5.41, 5.74) is 3.28. The Bertz CT molecular complexity index is 362. The number of hydrogen-bond acceptors (Lipinski definition) is 1. The van der Waals surface area contributed by atoms with Crippen LogP contribution in [0.15, 0.2) is 24.3 Å². The van der Waals surface area contributed by atoms with Gasteiger partial charge in [-0.25, -0.2) is 0 Å². The van der Waals surface area contributed by atoms with E-state index < -0.39 is 0 Å². The summed E-state index contributed by atoms with van der Waals surface area (Å²) in [6, 6.07) is 9.38. The lowest BCUT2D eigenvalue weighted by atomic mass is 9.83. The fourth-order valence-corrected chi connectivity index (χ4v) is 2.55. The van der Waals surface area contributed by atoms with Gasteiger partial charge in [0.05, 0.1) is 0 Å². The van der Waals surface area contributed by atoms with E-state index in [4.69, 9.17) is 0 Å². The molecule has 1 nitrogen and oxygen atoms in total. The predicted octanol–water partition coefficient (Wildman–Crippen LogP) is 4.73. The summed E-state index contributed by atoms with van der Waals surface area (Å²) < 4.78 is 0. The fraction of sp³-hybridized carbons (Fsp3) is 0.667. The van der Waals surface area contributed by atoms with Gasteiger partial charge in [-0.3, -0.25) is 0 Å². The third kappa shape index (κ3) is 5.78. The molecule has 0 aromatic heterocycles. The van der Waals surface area contributed by atoms with E-state index in [2.05, 4.69) is 64.2 Å². The third-order valence-electron chi connectivity index (χ3n) is 3.89. The molecule has 1 aromatic carbocycles. The Balaban J connectivity index is 2.46. The average molecular weight is 261 g/mol. The SMILES string of the molecule is CCCNC(CCCc1ccccc1C)C(C)(C)C. The molecule has 1 aromatic rings. The molecule has 1 rings (SSSR count). The van der Waals surface area contributed by atoms with Crippen LogP contribution in [0.4, 0.5) is 0 Å². The summed E-state index contributed by atoms with van der Waals surface area (Å²) in [5.74, 6) is 0. The molecule has 0 bridgehead atoms. The van der Waals surface area contributed by atoms with Crippen molar-refractivity contribution in [3.63, 3.8) is 0 Å². The van der Waals surface area contributed by atoms with Gasteiger partial charge in [0.1, 0.15) is 0 Å². The molecule has 1 unspecified atom stereocenters. The van der Waals surface area contributed by atoms with Gasteiger partial charge in [0.2, 0.25) is 0 Å². The standard InChI is InChI=1S/C18H31N/c1-6-14-19-17(18(3,4)5)13-9-12-16-11-8-7-10-15(16)2/h7-8,10-11,17,19H,6,9,12-14H2,1-5H3. The van der Waals surface area contributed by atoms with Gasteiger partial charge in [0.25, 0.3) is 0 Å². The van der Waals surface area contributed by atoms with Gasteiger partial charge >= 0.3 is 0 Å². The van der Waals surface area contributed by atoms with Gasteiger partial charge in [-0.05, 0) is 55.7 Å². The zero-order valence-corrected chi connectivity index (χ0v) is 13.4. The van der Waals surface area contributed by atoms with Crippen LogP contribution in [0.1, 0.15) is 58.1 Å². The molecule has 0 fully saturated rings. The second-order valence-electron chi connectivity index (χ2n) is 6.69. The van der Waals surface area contributed by atoms with Crippen LogP contribution in [-0.2, 0) is 6.42 Å². The predicted molar refractivity (Wildman–Crippen MR) is 85.7 cm³/mol. The molecule has 0 amide bonds. The Labute approximate surface area is 119 Å². The van der Waals surface area contributed by atoms with Crippen molar-refractivity contribution in [2.24, 2.45) is 5.41 Å². The van der Waals surface area contributed by atoms with E-state index in [-0.39, 0.29) is 0 Å². The number of benzene rings is 1. The molecule has 1 heteroatoms. The Morgan fingerprint density at radius 2 is 1.84 bits per heavy atom. The van der Waals surface area contributed by atoms with Crippen molar-refractivity contribution in [3.05, 3.63) is 35.4 Å². The lowest BCUT2D eigenvalue weighted by Gasteiger charge is -2.32. The van der Waals surface area contributed by atoms with Crippen molar-refractivity contribution in [2.45, 2.75) is 66.3 Å². The van der Waals surface area contributed by atoms with Crippen LogP contribution < -0.4 is 5.32 Å². The first-order valence-corrected chi connectivity index (χ1v) is 7.73. The van der Waals surface area contributed by atoms with Crippen molar-refractivity contribution in [3.8, 4) is 0 Å². The highest BCUT2D eigenvalue weighted by Gasteiger charge is 2.23. The fourth-order valence-electron chi connectivity index (χ4n) is 2.55. The lowest BCUT2D eigenvalue weighted by Crippen LogP contribution is -2.40. The van der Waals surface area contributed by atoms with E-state index in [0.717, 1.165) is 6.54 Å². The van der Waals surface area contributed by atoms with E-state index >= 15 is 0 Å². The quantitative estimate of drug-likeness (QED) is 0.748. The molecule has 0 aliphatic heterocycles. The summed E-state index contributed by atoms with van der Waals surface area (Å²) in [7, 11) is 0. The van der Waals surface area contributed by atoms with Crippen molar-refractivity contribution < 1.29 is 0 Å². The molecular formula is C18H31N. The summed E-state index contributed by atoms with van der Waals surface area (Å²) in [4.78, 5) is 0. The van der Waals surface area contributed by atoms with Crippen molar-refractivity contribution in [1.82, 2.24) is 5.32 Å². The van der Waals surface area contributed by atoms with E-state index in [1.807, 2.05) is 0 Å². The minimum Gasteiger partial charge on any atom is -0.313 e. The number of hydrogen-bond donors (Lipinski definition) is 1. The summed E-state index contributed by atoms with van der Waals surface area (Å²) >= 11 is 0. The highest BCUT2D eigenvalue weighted by atomic mass is 14.9. The Morgan fingerprint density at radius 3 is 2.42 bits per heavy atom. The molecule has 0 aliphatic rings. The Hall–Kier alpha value is -0.820. The molecule has 1 N–H and O–H groups in total. The van der Waals surface area contributed by atoms with Gasteiger partial charge in [-0.2, -0.15) is 0 Å². The smallest absolute Gasteiger partial charge is 0.0116 e. The molecule has 0 saturated carbocycles. The molecular weight excluding hydrogens is 230 g/mol. The third-order valence-corrected chi connectivity index (χ3v) is 3.89. The Morgan fingerprint density at radius 1 is 1.16 bits per heavy atom. The van der Waals surface area contributed by atoms with Crippen molar-refractivity contribution in [1.29, 1.82) is 0 Å². The first-order chi connectivity index (χ1) is 8.95. The summed E-state index contributed by atoms with van der Waals surface area (Å²) in [5, 5.41) is 3.71. The van der Waals surface area contributed by atoms with Crippen molar-refractivity contribution >= 4 is 0 Å². The molecule has 0 spiro atoms. The van der Waals surface area contributed by atoms with Crippen molar-refractivity contribution in [2.75, 3.05) is 6.54 Å². The second-order valence-corrected chi connectivity index (χ2v) is 6.69. The monoisotopic (exact) mass is 261 g/mol. The minimum absolute atomic E-state index is 0.348. The highest BCUT2D eigenvalue weighted by Crippen LogP contribution is 2.24. The van der Waals surface area contributed by atoms with Gasteiger partial charge in [0.15, 0.2) is 0 Å². The highest BCUT2D eigenvalue weighted by molar-refractivity contribution is 5.25. The molecule has 0 aliphatic carbocycles. The molecule has 0 heterocycles. The number of rotatable bonds is 7. The largest absolute Gasteiger partial charge is 0.313 e. The second kappa shape index (κ2) is 7.69. The van der Waals surface area contributed by atoms with E-state index in [1.165, 1.54) is 36.8 Å². The average Bonchev–Trinajstić information content (AvgIpc) is 2.34. The van der Waals surface area contributed by atoms with E-state index in [1.54, 1.807) is 0 Å². The van der Waals surface area contributed by atoms with Gasteiger partial charge in [-0.1, -0.05) is 52.0 Å². The summed E-state index contributed by atoms with van der Waals surface area (Å²) in [6.07, 6.45) is 4.94. The van der Waals surface area contributed by atoms with Crippen LogP contribution in [-0.4, -0.2) is 12.6 Å². The van der Waals surface area contributed by atoms with Crippen LogP contribution in [0, 0.1) is 12.3 Å². The lowest BCUT2D eigenvalue weighted by molar-refractivity contribution is 0.251. The normalized spacial score (nSPS) is 13.5. The van der Waals surface area contributed by atoms with Crippen LogP contribution in [0.3, 0.4) is 0 Å². The topological polar surface area (TPSA) is 12.0 Å². The van der Waals surface area contributed by atoms with Crippen LogP contribution >= 0.6 is 0 Å². The maximum atomic E-state index is 3.71. The van der Waals surface area contributed by atoms with Gasteiger partial charge in [-0.15, -0.1) is 0 Å². The Kier molecular flexibility index (Phi) is 6.57. The zero-order chi connectivity index (χ0) is 14.3. The summed E-state index contributed by atoms with van der Waals surface area (Å²) in [6.45, 7) is 12.6. The zero-order valence-electron chi connectivity index (χ0n) is 13.4. The minimum atomic E-state index is 0.348. The molecule has 0 saturated heterocycles. The van der Waals surface area contributed by atoms with Gasteiger partial charge in [0, 0.05) is 6.04 Å². The molecule has 0 radical (unpaired) electrons. The maximum Gasteiger partial charge on any atom is 0.0116 e. The van der Waals surface area contributed by atoms with Crippen LogP contribution in [0.5, 0.6) is 0 Å². The molecule has 19 heavy (non-hydrogen) atoms. The van der Waals surface area contributed by atoms with Gasteiger partial charge < -0.3 is 5.32 Å². The number of aryl methyl sites for hydroxylation is 2. The first kappa shape index (κ1) is 16.2. The van der Waals surface area contributed by atoms with Crippen LogP contribution in [0.2, 0.25) is 0 Å². The first-order valence-electron chi connectivity index (χ1n) is 7.73.